The zero-order valence-corrected chi connectivity index (χ0v) is 17.2. The Hall–Kier alpha value is -3.35. The predicted octanol–water partition coefficient (Wildman–Crippen LogP) is 5.58. The lowest BCUT2D eigenvalue weighted by molar-refractivity contribution is -0.131. The first-order valence-electron chi connectivity index (χ1n) is 9.50. The van der Waals surface area contributed by atoms with E-state index in [2.05, 4.69) is 5.32 Å². The maximum absolute atomic E-state index is 14.0. The molecule has 0 radical (unpaired) electrons. The van der Waals surface area contributed by atoms with Gasteiger partial charge >= 0.3 is 12.1 Å². The van der Waals surface area contributed by atoms with E-state index in [-0.39, 0.29) is 0 Å². The standard InChI is InChI=1S/C23H26FNO5/c1-15-7-10-17(11-8-15)25-22(29)30-21(16-9-12-19(26)18(24)14-16)23(2,3)13-5-4-6-20(27)28/h4,6-12,14,21,26H,5,13H2,1-3H3,(H,25,29)(H,27,28)/b6-4+/t21-/m0/s1. The van der Waals surface area contributed by atoms with Crippen molar-refractivity contribution in [2.75, 3.05) is 5.32 Å². The molecule has 2 aromatic carbocycles. The number of carboxylic acid groups (broad SMARTS) is 1. The molecule has 0 unspecified atom stereocenters. The number of carboxylic acids is 1. The van der Waals surface area contributed by atoms with E-state index in [0.29, 0.717) is 24.1 Å². The van der Waals surface area contributed by atoms with E-state index < -0.39 is 35.1 Å². The van der Waals surface area contributed by atoms with Crippen LogP contribution in [-0.2, 0) is 9.53 Å². The number of halogens is 1. The van der Waals surface area contributed by atoms with Crippen molar-refractivity contribution in [3.63, 3.8) is 0 Å². The van der Waals surface area contributed by atoms with E-state index in [0.717, 1.165) is 17.7 Å². The molecule has 7 heteroatoms. The summed E-state index contributed by atoms with van der Waals surface area (Å²) in [7, 11) is 0. The van der Waals surface area contributed by atoms with Crippen molar-refractivity contribution in [1.82, 2.24) is 0 Å². The van der Waals surface area contributed by atoms with E-state index >= 15 is 0 Å². The zero-order valence-electron chi connectivity index (χ0n) is 17.2. The monoisotopic (exact) mass is 415 g/mol. The van der Waals surface area contributed by atoms with Gasteiger partial charge < -0.3 is 14.9 Å². The number of aryl methyl sites for hydroxylation is 1. The first-order valence-corrected chi connectivity index (χ1v) is 9.50. The molecule has 160 valence electrons. The number of hydrogen-bond acceptors (Lipinski definition) is 4. The van der Waals surface area contributed by atoms with Crippen LogP contribution in [0.3, 0.4) is 0 Å². The topological polar surface area (TPSA) is 95.9 Å². The lowest BCUT2D eigenvalue weighted by Gasteiger charge is -2.34. The number of carbonyl (C=O) groups excluding carboxylic acids is 1. The first-order chi connectivity index (χ1) is 14.1. The number of carbonyl (C=O) groups is 2. The number of aliphatic carboxylic acids is 1. The molecule has 1 amide bonds. The third-order valence-corrected chi connectivity index (χ3v) is 4.72. The molecule has 1 atom stereocenters. The number of ether oxygens (including phenoxy) is 1. The number of phenolic OH excluding ortho intramolecular Hbond substituents is 1. The van der Waals surface area contributed by atoms with E-state index in [9.17, 15) is 19.1 Å². The molecule has 3 N–H and O–H groups in total. The van der Waals surface area contributed by atoms with Crippen LogP contribution in [0.25, 0.3) is 0 Å². The lowest BCUT2D eigenvalue weighted by Crippen LogP contribution is -2.29. The summed E-state index contributed by atoms with van der Waals surface area (Å²) in [6, 6.07) is 11.0. The summed E-state index contributed by atoms with van der Waals surface area (Å²) in [5.41, 5.74) is 1.33. The quantitative estimate of drug-likeness (QED) is 0.489. The summed E-state index contributed by atoms with van der Waals surface area (Å²) >= 11 is 0. The molecule has 6 nitrogen and oxygen atoms in total. The average molecular weight is 415 g/mol. The Labute approximate surface area is 175 Å². The molecular formula is C23H26FNO5. The highest BCUT2D eigenvalue weighted by Gasteiger charge is 2.34. The van der Waals surface area contributed by atoms with Gasteiger partial charge in [-0.25, -0.2) is 14.0 Å². The highest BCUT2D eigenvalue weighted by Crippen LogP contribution is 2.41. The summed E-state index contributed by atoms with van der Waals surface area (Å²) < 4.78 is 19.6. The van der Waals surface area contributed by atoms with Gasteiger partial charge in [0, 0.05) is 17.2 Å². The van der Waals surface area contributed by atoms with Gasteiger partial charge in [0.1, 0.15) is 6.10 Å². The number of nitrogens with one attached hydrogen (secondary N) is 1. The molecule has 0 fully saturated rings. The lowest BCUT2D eigenvalue weighted by atomic mass is 9.78. The van der Waals surface area contributed by atoms with E-state index in [1.54, 1.807) is 12.1 Å². The van der Waals surface area contributed by atoms with Crippen molar-refractivity contribution in [3.05, 3.63) is 71.6 Å². The Bertz CT molecular complexity index is 922. The average Bonchev–Trinajstić information content (AvgIpc) is 2.67. The number of rotatable bonds is 8. The number of anilines is 1. The molecule has 0 aliphatic rings. The number of amides is 1. The number of allylic oxidation sites excluding steroid dienone is 1. The van der Waals surface area contributed by atoms with Gasteiger partial charge in [-0.1, -0.05) is 43.7 Å². The molecule has 0 saturated carbocycles. The van der Waals surface area contributed by atoms with Crippen LogP contribution in [-0.4, -0.2) is 22.3 Å². The fraction of sp³-hybridized carbons (Fsp3) is 0.304. The van der Waals surface area contributed by atoms with Gasteiger partial charge in [-0.15, -0.1) is 0 Å². The normalized spacial score (nSPS) is 12.5. The highest BCUT2D eigenvalue weighted by atomic mass is 19.1. The second kappa shape index (κ2) is 9.91. The van der Waals surface area contributed by atoms with E-state index in [1.807, 2.05) is 32.9 Å². The van der Waals surface area contributed by atoms with Crippen LogP contribution in [0.15, 0.2) is 54.6 Å². The van der Waals surface area contributed by atoms with Gasteiger partial charge in [-0.2, -0.15) is 0 Å². The maximum atomic E-state index is 14.0. The molecule has 0 bridgehead atoms. The summed E-state index contributed by atoms with van der Waals surface area (Å²) in [6.45, 7) is 5.62. The first kappa shape index (κ1) is 22.9. The number of aromatic hydroxyl groups is 1. The van der Waals surface area contributed by atoms with Crippen LogP contribution in [0.2, 0.25) is 0 Å². The minimum absolute atomic E-state index is 0.386. The summed E-state index contributed by atoms with van der Waals surface area (Å²) in [5.74, 6) is -2.36. The fourth-order valence-electron chi connectivity index (χ4n) is 3.03. The summed E-state index contributed by atoms with van der Waals surface area (Å²) in [4.78, 5) is 23.2. The number of benzene rings is 2. The Morgan fingerprint density at radius 3 is 2.47 bits per heavy atom. The molecule has 0 heterocycles. The van der Waals surface area contributed by atoms with Gasteiger partial charge in [0.2, 0.25) is 0 Å². The minimum Gasteiger partial charge on any atom is -0.505 e. The number of phenols is 1. The van der Waals surface area contributed by atoms with Crippen molar-refractivity contribution in [2.45, 2.75) is 39.7 Å². The van der Waals surface area contributed by atoms with Gasteiger partial charge in [-0.05, 0) is 49.6 Å². The molecule has 2 aromatic rings. The zero-order chi connectivity index (χ0) is 22.3. The molecule has 0 saturated heterocycles. The minimum atomic E-state index is -1.04. The largest absolute Gasteiger partial charge is 0.505 e. The van der Waals surface area contributed by atoms with Crippen LogP contribution in [0.5, 0.6) is 5.75 Å². The van der Waals surface area contributed by atoms with Crippen molar-refractivity contribution < 1.29 is 28.9 Å². The Balaban J connectivity index is 2.23. The van der Waals surface area contributed by atoms with Crippen LogP contribution in [0.1, 0.15) is 43.9 Å². The third kappa shape index (κ3) is 6.62. The molecule has 0 spiro atoms. The van der Waals surface area contributed by atoms with Crippen LogP contribution in [0, 0.1) is 18.2 Å². The van der Waals surface area contributed by atoms with Crippen LogP contribution >= 0.6 is 0 Å². The smallest absolute Gasteiger partial charge is 0.412 e. The van der Waals surface area contributed by atoms with Crippen molar-refractivity contribution >= 4 is 17.7 Å². The van der Waals surface area contributed by atoms with Crippen molar-refractivity contribution in [1.29, 1.82) is 0 Å². The summed E-state index contributed by atoms with van der Waals surface area (Å²) in [6.07, 6.45) is 1.94. The molecule has 0 aromatic heterocycles. The highest BCUT2D eigenvalue weighted by molar-refractivity contribution is 5.84. The van der Waals surface area contributed by atoms with Gasteiger partial charge in [-0.3, -0.25) is 5.32 Å². The molecule has 30 heavy (non-hydrogen) atoms. The maximum Gasteiger partial charge on any atom is 0.412 e. The predicted molar refractivity (Wildman–Crippen MR) is 112 cm³/mol. The second-order valence-corrected chi connectivity index (χ2v) is 7.76. The molecular weight excluding hydrogens is 389 g/mol. The Morgan fingerprint density at radius 1 is 1.20 bits per heavy atom. The van der Waals surface area contributed by atoms with Crippen molar-refractivity contribution in [3.8, 4) is 5.75 Å². The molecule has 0 aliphatic carbocycles. The van der Waals surface area contributed by atoms with E-state index in [4.69, 9.17) is 9.84 Å². The van der Waals surface area contributed by atoms with Crippen LogP contribution in [0.4, 0.5) is 14.9 Å². The number of hydrogen-bond donors (Lipinski definition) is 3. The van der Waals surface area contributed by atoms with E-state index in [1.165, 1.54) is 18.2 Å². The van der Waals surface area contributed by atoms with Gasteiger partial charge in [0.15, 0.2) is 11.6 Å². The Kier molecular flexibility index (Phi) is 7.58. The summed E-state index contributed by atoms with van der Waals surface area (Å²) in [5, 5.41) is 20.9. The second-order valence-electron chi connectivity index (χ2n) is 7.76. The van der Waals surface area contributed by atoms with Crippen LogP contribution < -0.4 is 5.32 Å². The third-order valence-electron chi connectivity index (χ3n) is 4.72. The van der Waals surface area contributed by atoms with Crippen molar-refractivity contribution in [2.24, 2.45) is 5.41 Å². The molecule has 0 aliphatic heterocycles. The van der Waals surface area contributed by atoms with Gasteiger partial charge in [0.05, 0.1) is 0 Å². The van der Waals surface area contributed by atoms with Gasteiger partial charge in [0.25, 0.3) is 0 Å². The molecule has 2 rings (SSSR count). The fourth-order valence-corrected chi connectivity index (χ4v) is 3.03. The Morgan fingerprint density at radius 2 is 1.87 bits per heavy atom. The SMILES string of the molecule is Cc1ccc(NC(=O)O[C@@H](c2ccc(O)c(F)c2)C(C)(C)CC/C=C/C(=O)O)cc1.